The van der Waals surface area contributed by atoms with E-state index in [1.54, 1.807) is 25.3 Å². The molecule has 0 radical (unpaired) electrons. The SMILES string of the molecule is COCCOc1ccc2c(C(=O)NC3(c4ccccc4)CC3)c(CN3CCC(N4CCOCC4)CC3)c(-c3cccc(C(F)(F)F)c3)nc2c1Cl. The third kappa shape index (κ3) is 7.73. The van der Waals surface area contributed by atoms with Crippen LogP contribution in [-0.2, 0) is 27.7 Å². The Bertz CT molecular complexity index is 1860. The van der Waals surface area contributed by atoms with Crippen molar-refractivity contribution in [1.82, 2.24) is 20.1 Å². The number of hydrogen-bond acceptors (Lipinski definition) is 7. The first-order valence-electron chi connectivity index (χ1n) is 17.5. The number of aromatic nitrogens is 1. The van der Waals surface area contributed by atoms with Gasteiger partial charge in [-0.25, -0.2) is 4.98 Å². The molecule has 3 fully saturated rings. The number of halogens is 4. The Labute approximate surface area is 300 Å². The molecule has 7 rings (SSSR count). The zero-order valence-corrected chi connectivity index (χ0v) is 29.4. The Hall–Kier alpha value is -3.74. The molecule has 2 aliphatic heterocycles. The molecule has 4 aromatic rings. The zero-order chi connectivity index (χ0) is 35.6. The summed E-state index contributed by atoms with van der Waals surface area (Å²) in [5, 5.41) is 4.02. The molecule has 1 saturated carbocycles. The van der Waals surface area contributed by atoms with Crippen molar-refractivity contribution < 1.29 is 32.2 Å². The molecule has 8 nitrogen and oxygen atoms in total. The molecular formula is C39H42ClF3N4O4. The molecule has 3 heterocycles. The number of carbonyl (C=O) groups excluding carboxylic acids is 1. The van der Waals surface area contributed by atoms with Gasteiger partial charge in [0.15, 0.2) is 0 Å². The Morgan fingerprint density at radius 1 is 1.00 bits per heavy atom. The number of rotatable bonds is 11. The molecule has 270 valence electrons. The van der Waals surface area contributed by atoms with Gasteiger partial charge in [-0.05, 0) is 68.6 Å². The third-order valence-electron chi connectivity index (χ3n) is 10.3. The highest BCUT2D eigenvalue weighted by molar-refractivity contribution is 6.37. The predicted octanol–water partition coefficient (Wildman–Crippen LogP) is 7.31. The number of methoxy groups -OCH3 is 1. The van der Waals surface area contributed by atoms with Crippen LogP contribution in [0.1, 0.15) is 52.7 Å². The van der Waals surface area contributed by atoms with Crippen LogP contribution in [0.5, 0.6) is 5.75 Å². The van der Waals surface area contributed by atoms with E-state index in [1.807, 2.05) is 30.3 Å². The average molecular weight is 723 g/mol. The highest BCUT2D eigenvalue weighted by Crippen LogP contribution is 2.47. The van der Waals surface area contributed by atoms with Gasteiger partial charge in [-0.2, -0.15) is 13.2 Å². The largest absolute Gasteiger partial charge is 0.490 e. The quantitative estimate of drug-likeness (QED) is 0.163. The number of carbonyl (C=O) groups is 1. The van der Waals surface area contributed by atoms with Crippen LogP contribution >= 0.6 is 11.6 Å². The standard InChI is InChI=1S/C39H42ClF3N4O4/c1-49-22-23-51-32-11-10-30-33(37(48)45-38(14-15-38)27-7-3-2-4-8-27)31(25-46-16-12-29(13-17-46)47-18-20-50-21-19-47)35(44-36(30)34(32)40)26-6-5-9-28(24-26)39(41,42)43/h2-11,24,29H,12-23,25H2,1H3,(H,45,48). The highest BCUT2D eigenvalue weighted by atomic mass is 35.5. The number of ether oxygens (including phenoxy) is 3. The minimum absolute atomic E-state index is 0.174. The van der Waals surface area contributed by atoms with Gasteiger partial charge in [0.1, 0.15) is 17.4 Å². The monoisotopic (exact) mass is 722 g/mol. The smallest absolute Gasteiger partial charge is 0.416 e. The summed E-state index contributed by atoms with van der Waals surface area (Å²) in [6.45, 7) is 5.70. The number of piperidine rings is 1. The minimum Gasteiger partial charge on any atom is -0.490 e. The van der Waals surface area contributed by atoms with Crippen molar-refractivity contribution in [1.29, 1.82) is 0 Å². The van der Waals surface area contributed by atoms with Crippen molar-refractivity contribution in [2.75, 3.05) is 59.7 Å². The van der Waals surface area contributed by atoms with Crippen LogP contribution in [0.2, 0.25) is 5.02 Å². The number of benzene rings is 3. The fraction of sp³-hybridized carbons (Fsp3) is 0.436. The molecule has 1 aliphatic carbocycles. The molecule has 1 amide bonds. The number of nitrogens with one attached hydrogen (secondary N) is 1. The molecule has 1 N–H and O–H groups in total. The van der Waals surface area contributed by atoms with E-state index >= 15 is 0 Å². The molecule has 0 atom stereocenters. The van der Waals surface area contributed by atoms with Gasteiger partial charge in [0, 0.05) is 49.3 Å². The van der Waals surface area contributed by atoms with Crippen molar-refractivity contribution in [2.24, 2.45) is 0 Å². The summed E-state index contributed by atoms with van der Waals surface area (Å²) in [5.74, 6) is 0.0234. The Morgan fingerprint density at radius 3 is 2.43 bits per heavy atom. The molecule has 0 bridgehead atoms. The number of pyridine rings is 1. The van der Waals surface area contributed by atoms with Gasteiger partial charge in [0.05, 0.1) is 47.7 Å². The molecule has 1 aromatic heterocycles. The van der Waals surface area contributed by atoms with Crippen LogP contribution in [0.25, 0.3) is 22.2 Å². The van der Waals surface area contributed by atoms with E-state index in [-0.39, 0.29) is 34.3 Å². The number of fused-ring (bicyclic) bond motifs is 1. The number of alkyl halides is 3. The van der Waals surface area contributed by atoms with Crippen LogP contribution in [-0.4, -0.2) is 86.4 Å². The molecule has 0 unspecified atom stereocenters. The molecule has 0 spiro atoms. The second-order valence-electron chi connectivity index (χ2n) is 13.6. The van der Waals surface area contributed by atoms with Gasteiger partial charge < -0.3 is 19.5 Å². The summed E-state index contributed by atoms with van der Waals surface area (Å²) in [5.41, 5.74) is 1.42. The van der Waals surface area contributed by atoms with Gasteiger partial charge in [-0.1, -0.05) is 54.1 Å². The molecule has 51 heavy (non-hydrogen) atoms. The van der Waals surface area contributed by atoms with Crippen LogP contribution in [0.3, 0.4) is 0 Å². The highest BCUT2D eigenvalue weighted by Gasteiger charge is 2.46. The van der Waals surface area contributed by atoms with Gasteiger partial charge in [0.25, 0.3) is 5.91 Å². The number of morpholine rings is 1. The number of amides is 1. The Balaban J connectivity index is 1.35. The van der Waals surface area contributed by atoms with Gasteiger partial charge >= 0.3 is 6.18 Å². The maximum Gasteiger partial charge on any atom is 0.416 e. The topological polar surface area (TPSA) is 76.2 Å². The number of likely N-dealkylation sites (tertiary alicyclic amines) is 1. The first-order valence-corrected chi connectivity index (χ1v) is 17.9. The van der Waals surface area contributed by atoms with Crippen LogP contribution in [0, 0.1) is 0 Å². The summed E-state index contributed by atoms with van der Waals surface area (Å²) in [6.07, 6.45) is -1.15. The number of hydrogen-bond donors (Lipinski definition) is 1. The van der Waals surface area contributed by atoms with E-state index in [2.05, 4.69) is 15.1 Å². The van der Waals surface area contributed by atoms with E-state index in [1.165, 1.54) is 6.07 Å². The summed E-state index contributed by atoms with van der Waals surface area (Å²) in [6, 6.07) is 18.9. The molecular weight excluding hydrogens is 681 g/mol. The average Bonchev–Trinajstić information content (AvgIpc) is 3.93. The van der Waals surface area contributed by atoms with E-state index in [4.69, 9.17) is 30.8 Å². The first kappa shape index (κ1) is 35.7. The second kappa shape index (κ2) is 15.1. The zero-order valence-electron chi connectivity index (χ0n) is 28.6. The maximum atomic E-state index is 14.8. The normalized spacial score (nSPS) is 18.5. The van der Waals surface area contributed by atoms with Crippen molar-refractivity contribution in [2.45, 2.75) is 50.0 Å². The van der Waals surface area contributed by atoms with Crippen LogP contribution in [0.4, 0.5) is 13.2 Å². The summed E-state index contributed by atoms with van der Waals surface area (Å²) >= 11 is 6.97. The maximum absolute atomic E-state index is 14.8. The Kier molecular flexibility index (Phi) is 10.5. The lowest BCUT2D eigenvalue weighted by Gasteiger charge is -2.40. The van der Waals surface area contributed by atoms with E-state index in [0.29, 0.717) is 41.5 Å². The fourth-order valence-electron chi connectivity index (χ4n) is 7.42. The third-order valence-corrected chi connectivity index (χ3v) is 10.7. The lowest BCUT2D eigenvalue weighted by Crippen LogP contribution is -2.48. The molecule has 3 aliphatic rings. The van der Waals surface area contributed by atoms with Gasteiger partial charge in [-0.3, -0.25) is 14.6 Å². The first-order chi connectivity index (χ1) is 24.7. The minimum atomic E-state index is -4.57. The molecule has 2 saturated heterocycles. The van der Waals surface area contributed by atoms with Crippen molar-refractivity contribution in [3.05, 3.63) is 94.0 Å². The lowest BCUT2D eigenvalue weighted by atomic mass is 9.93. The Morgan fingerprint density at radius 2 is 1.75 bits per heavy atom. The predicted molar refractivity (Wildman–Crippen MR) is 190 cm³/mol. The summed E-state index contributed by atoms with van der Waals surface area (Å²) in [7, 11) is 1.56. The second-order valence-corrected chi connectivity index (χ2v) is 13.9. The number of nitrogens with zero attached hydrogens (tertiary/aromatic N) is 3. The fourth-order valence-corrected chi connectivity index (χ4v) is 7.68. The van der Waals surface area contributed by atoms with E-state index in [9.17, 15) is 18.0 Å². The van der Waals surface area contributed by atoms with Crippen molar-refractivity contribution in [3.8, 4) is 17.0 Å². The van der Waals surface area contributed by atoms with Gasteiger partial charge in [0.2, 0.25) is 0 Å². The van der Waals surface area contributed by atoms with Crippen LogP contribution in [0.15, 0.2) is 66.7 Å². The van der Waals surface area contributed by atoms with Crippen molar-refractivity contribution in [3.63, 3.8) is 0 Å². The lowest BCUT2D eigenvalue weighted by molar-refractivity contribution is -0.137. The van der Waals surface area contributed by atoms with Crippen LogP contribution < -0.4 is 10.1 Å². The van der Waals surface area contributed by atoms with Crippen molar-refractivity contribution >= 4 is 28.4 Å². The molecule has 12 heteroatoms. The summed E-state index contributed by atoms with van der Waals surface area (Å²) < 4.78 is 58.8. The van der Waals surface area contributed by atoms with E-state index in [0.717, 1.165) is 82.8 Å². The molecule has 3 aromatic carbocycles. The van der Waals surface area contributed by atoms with Gasteiger partial charge in [-0.15, -0.1) is 0 Å². The van der Waals surface area contributed by atoms with E-state index < -0.39 is 17.3 Å². The summed E-state index contributed by atoms with van der Waals surface area (Å²) in [4.78, 5) is 24.5.